The molecular formula is C24H31ClCsN8+5. The Morgan fingerprint density at radius 3 is 1.38 bits per heavy atom. The molecule has 0 aliphatic carbocycles. The molecule has 0 spiro atoms. The average molecular weight is 600 g/mol. The topological polar surface area (TPSA) is 92.6 Å². The van der Waals surface area contributed by atoms with Gasteiger partial charge in [0, 0.05) is 49.1 Å². The Labute approximate surface area is 265 Å². The molecule has 6 N–H and O–H groups in total. The van der Waals surface area contributed by atoms with E-state index in [1.54, 1.807) is 0 Å². The van der Waals surface area contributed by atoms with Crippen LogP contribution in [0.5, 0.6) is 0 Å². The van der Waals surface area contributed by atoms with Crippen LogP contribution in [0, 0.1) is 0 Å². The van der Waals surface area contributed by atoms with Crippen molar-refractivity contribution in [2.45, 2.75) is 0 Å². The maximum atomic E-state index is 3.16. The number of aromatic nitrogens is 7. The molecular weight excluding hydrogens is 569 g/mol. The summed E-state index contributed by atoms with van der Waals surface area (Å²) in [7, 11) is 5.91. The Morgan fingerprint density at radius 1 is 0.618 bits per heavy atom. The molecule has 0 aliphatic rings. The van der Waals surface area contributed by atoms with E-state index in [-0.39, 0.29) is 81.3 Å². The summed E-state index contributed by atoms with van der Waals surface area (Å²) in [6.45, 7) is 0. The van der Waals surface area contributed by atoms with Gasteiger partial charge in [-0.1, -0.05) is 0 Å². The minimum Gasteiger partial charge on any atom is -1.00 e. The number of rotatable bonds is 3. The van der Waals surface area contributed by atoms with Gasteiger partial charge in [0.15, 0.2) is 24.8 Å². The van der Waals surface area contributed by atoms with Crippen LogP contribution in [0.2, 0.25) is 0 Å². The van der Waals surface area contributed by atoms with Gasteiger partial charge in [-0.15, -0.1) is 0 Å². The van der Waals surface area contributed by atoms with E-state index in [9.17, 15) is 0 Å². The molecule has 0 radical (unpaired) electrons. The summed E-state index contributed by atoms with van der Waals surface area (Å²) in [6, 6.07) is 16.0. The van der Waals surface area contributed by atoms with E-state index in [1.165, 1.54) is 0 Å². The van der Waals surface area contributed by atoms with Crippen molar-refractivity contribution in [3.8, 4) is 23.0 Å². The van der Waals surface area contributed by atoms with Crippen LogP contribution in [0.25, 0.3) is 23.0 Å². The van der Waals surface area contributed by atoms with Gasteiger partial charge in [-0.2, -0.15) is 0 Å². The number of aromatic amines is 5. The van der Waals surface area contributed by atoms with Crippen LogP contribution in [-0.2, 0) is 14.1 Å². The van der Waals surface area contributed by atoms with Crippen LogP contribution in [0.3, 0.4) is 0 Å². The van der Waals surface area contributed by atoms with Crippen molar-refractivity contribution < 1.29 is 106 Å². The van der Waals surface area contributed by atoms with Gasteiger partial charge >= 0.3 is 80.5 Å². The fraction of sp³-hybridized carbons (Fsp3) is 0.125. The molecule has 0 saturated heterocycles. The van der Waals surface area contributed by atoms with Crippen molar-refractivity contribution in [1.29, 1.82) is 0 Å². The summed E-state index contributed by atoms with van der Waals surface area (Å²) in [5.74, 6) is 2.16. The zero-order chi connectivity index (χ0) is 22.6. The molecule has 34 heavy (non-hydrogen) atoms. The van der Waals surface area contributed by atoms with E-state index >= 15 is 0 Å². The van der Waals surface area contributed by atoms with E-state index in [0.717, 1.165) is 28.7 Å². The van der Waals surface area contributed by atoms with Crippen LogP contribution in [0.1, 0.15) is 0 Å². The van der Waals surface area contributed by atoms with Gasteiger partial charge < -0.3 is 17.7 Å². The molecule has 0 fully saturated rings. The molecule has 0 aromatic carbocycles. The molecule has 0 unspecified atom stereocenters. The van der Waals surface area contributed by atoms with Gasteiger partial charge in [-0.25, -0.2) is 34.1 Å². The Hall–Kier alpha value is -1.99. The van der Waals surface area contributed by atoms with Gasteiger partial charge in [-0.05, 0) is 12.1 Å². The van der Waals surface area contributed by atoms with Crippen molar-refractivity contribution in [3.05, 3.63) is 98.1 Å². The van der Waals surface area contributed by atoms with Crippen LogP contribution >= 0.6 is 0 Å². The SMILES string of the molecule is CNc1cc[nH+]cc1.Cn1cc[nH+]c1-c1cccc[nH+]1.Cn1cc[nH+]c1-c1cccc[nH+]1.[Cl-].[Cs+]. The van der Waals surface area contributed by atoms with Crippen LogP contribution < -0.4 is 112 Å². The number of halogens is 1. The summed E-state index contributed by atoms with van der Waals surface area (Å²) in [6.07, 6.45) is 15.4. The van der Waals surface area contributed by atoms with Gasteiger partial charge in [0.1, 0.15) is 24.8 Å². The molecule has 5 rings (SSSR count). The van der Waals surface area contributed by atoms with Gasteiger partial charge in [-0.3, -0.25) is 0 Å². The number of hydrogen-bond donors (Lipinski definition) is 1. The van der Waals surface area contributed by atoms with Crippen LogP contribution in [0.4, 0.5) is 5.69 Å². The largest absolute Gasteiger partial charge is 1.00 e. The zero-order valence-electron chi connectivity index (χ0n) is 20.0. The van der Waals surface area contributed by atoms with Gasteiger partial charge in [0.05, 0.1) is 14.1 Å². The molecule has 170 valence electrons. The fourth-order valence-electron chi connectivity index (χ4n) is 2.98. The zero-order valence-corrected chi connectivity index (χ0v) is 27.0. The second-order valence-electron chi connectivity index (χ2n) is 6.93. The first-order valence-corrected chi connectivity index (χ1v) is 10.3. The molecule has 10 heteroatoms. The molecule has 0 atom stereocenters. The summed E-state index contributed by atoms with van der Waals surface area (Å²) in [5, 5.41) is 3.01. The van der Waals surface area contributed by atoms with E-state index in [4.69, 9.17) is 0 Å². The number of nitrogens with one attached hydrogen (secondary N) is 6. The Morgan fingerprint density at radius 2 is 1.09 bits per heavy atom. The number of nitrogens with zero attached hydrogens (tertiary/aromatic N) is 2. The first-order valence-electron chi connectivity index (χ1n) is 10.3. The van der Waals surface area contributed by atoms with E-state index < -0.39 is 0 Å². The molecule has 0 aliphatic heterocycles. The Kier molecular flexibility index (Phi) is 14.7. The smallest absolute Gasteiger partial charge is 1.00 e. The van der Waals surface area contributed by atoms with Gasteiger partial charge in [0.25, 0.3) is 11.4 Å². The molecule has 0 amide bonds. The van der Waals surface area contributed by atoms with Gasteiger partial charge in [0.2, 0.25) is 0 Å². The standard InChI is InChI=1S/2C9H9N3.C6H8N2.ClH.Cs/c2*1-12-7-6-11-9(12)8-4-2-3-5-10-8;1-7-6-2-4-8-5-3-6;;/h2*2-7H,1H3;2-5H,1H3,(H,7,8);1H;/q;;;;+1/p+4. The monoisotopic (exact) mass is 599 g/mol. The first-order chi connectivity index (χ1) is 15.7. The number of imidazole rings is 2. The van der Waals surface area contributed by atoms with E-state index in [1.807, 2.05) is 128 Å². The Balaban J connectivity index is 0.000000253. The van der Waals surface area contributed by atoms with Crippen molar-refractivity contribution in [2.24, 2.45) is 14.1 Å². The van der Waals surface area contributed by atoms with Crippen molar-refractivity contribution in [1.82, 2.24) is 9.13 Å². The summed E-state index contributed by atoms with van der Waals surface area (Å²) >= 11 is 0. The summed E-state index contributed by atoms with van der Waals surface area (Å²) in [4.78, 5) is 15.6. The van der Waals surface area contributed by atoms with Crippen molar-refractivity contribution >= 4 is 5.69 Å². The third kappa shape index (κ3) is 9.34. The number of H-pyrrole nitrogens is 5. The Bertz CT molecular complexity index is 1110. The first kappa shape index (κ1) is 30.0. The minimum absolute atomic E-state index is 0. The normalized spacial score (nSPS) is 9.15. The number of anilines is 1. The summed E-state index contributed by atoms with van der Waals surface area (Å²) in [5.41, 5.74) is 3.30. The molecule has 8 nitrogen and oxygen atoms in total. The quantitative estimate of drug-likeness (QED) is 0.222. The second-order valence-corrected chi connectivity index (χ2v) is 6.93. The third-order valence-electron chi connectivity index (χ3n) is 4.68. The molecule has 5 aromatic heterocycles. The minimum atomic E-state index is 0. The average Bonchev–Trinajstić information content (AvgIpc) is 3.49. The third-order valence-corrected chi connectivity index (χ3v) is 4.68. The van der Waals surface area contributed by atoms with Crippen molar-refractivity contribution in [2.75, 3.05) is 12.4 Å². The maximum absolute atomic E-state index is 3.16. The number of hydrogen-bond acceptors (Lipinski definition) is 1. The van der Waals surface area contributed by atoms with E-state index in [0.29, 0.717) is 0 Å². The molecule has 5 heterocycles. The maximum Gasteiger partial charge on any atom is 1.00 e. The van der Waals surface area contributed by atoms with Crippen LogP contribution in [0.15, 0.2) is 98.1 Å². The molecule has 0 bridgehead atoms. The molecule has 0 saturated carbocycles. The van der Waals surface area contributed by atoms with Crippen molar-refractivity contribution in [3.63, 3.8) is 0 Å². The summed E-state index contributed by atoms with van der Waals surface area (Å²) < 4.78 is 4.07. The van der Waals surface area contributed by atoms with E-state index in [2.05, 4.69) is 30.2 Å². The molecule has 5 aromatic rings. The predicted molar refractivity (Wildman–Crippen MR) is 120 cm³/mol. The predicted octanol–water partition coefficient (Wildman–Crippen LogP) is -4.81. The number of pyridine rings is 3. The fourth-order valence-corrected chi connectivity index (χ4v) is 2.98. The van der Waals surface area contributed by atoms with Crippen LogP contribution in [-0.4, -0.2) is 16.2 Å². The number of aryl methyl sites for hydroxylation is 2. The second kappa shape index (κ2) is 16.6.